The summed E-state index contributed by atoms with van der Waals surface area (Å²) in [7, 11) is 1.74. The van der Waals surface area contributed by atoms with Crippen molar-refractivity contribution < 1.29 is 9.66 Å². The molecule has 0 saturated carbocycles. The Morgan fingerprint density at radius 2 is 2.16 bits per heavy atom. The van der Waals surface area contributed by atoms with Gasteiger partial charge < -0.3 is 10.1 Å². The second kappa shape index (κ2) is 5.53. The number of non-ortho nitro benzene ring substituents is 1. The summed E-state index contributed by atoms with van der Waals surface area (Å²) in [5.41, 5.74) is -0.0886. The number of ether oxygens (including phenoxy) is 1. The molecule has 0 aliphatic heterocycles. The molecule has 98 valence electrons. The van der Waals surface area contributed by atoms with Gasteiger partial charge in [-0.15, -0.1) is 0 Å². The lowest BCUT2D eigenvalue weighted by atomic mass is 10.3. The number of aromatic nitrogens is 1. The Hall–Kier alpha value is -2.34. The van der Waals surface area contributed by atoms with Crippen molar-refractivity contribution in [3.05, 3.63) is 51.5 Å². The monoisotopic (exact) mass is 279 g/mol. The molecule has 0 amide bonds. The number of hydrogen-bond donors (Lipinski definition) is 1. The van der Waals surface area contributed by atoms with Gasteiger partial charge in [0.05, 0.1) is 9.95 Å². The van der Waals surface area contributed by atoms with Crippen molar-refractivity contribution in [2.24, 2.45) is 0 Å². The summed E-state index contributed by atoms with van der Waals surface area (Å²) < 4.78 is 5.48. The summed E-state index contributed by atoms with van der Waals surface area (Å²) in [5.74, 6) is 1.31. The van der Waals surface area contributed by atoms with Crippen LogP contribution in [-0.2, 0) is 0 Å². The zero-order valence-electron chi connectivity index (χ0n) is 9.96. The standard InChI is InChI=1S/C12H10ClN3O3/c1-14-11-3-2-4-12(15-11)19-10-6-5-8(16(17)18)7-9(10)13/h2-7H,1H3,(H,14,15). The molecule has 1 heterocycles. The van der Waals surface area contributed by atoms with Crippen LogP contribution in [0.25, 0.3) is 0 Å². The van der Waals surface area contributed by atoms with Crippen molar-refractivity contribution in [2.75, 3.05) is 12.4 Å². The average Bonchev–Trinajstić information content (AvgIpc) is 2.41. The van der Waals surface area contributed by atoms with Crippen molar-refractivity contribution in [1.29, 1.82) is 0 Å². The summed E-state index contributed by atoms with van der Waals surface area (Å²) in [4.78, 5) is 14.2. The lowest BCUT2D eigenvalue weighted by Crippen LogP contribution is -1.95. The molecule has 0 fully saturated rings. The minimum absolute atomic E-state index is 0.0886. The van der Waals surface area contributed by atoms with Gasteiger partial charge >= 0.3 is 0 Å². The van der Waals surface area contributed by atoms with E-state index in [4.69, 9.17) is 16.3 Å². The van der Waals surface area contributed by atoms with Crippen LogP contribution in [0.2, 0.25) is 5.02 Å². The summed E-state index contributed by atoms with van der Waals surface area (Å²) in [5, 5.41) is 13.6. The van der Waals surface area contributed by atoms with Gasteiger partial charge in [-0.05, 0) is 12.1 Å². The summed E-state index contributed by atoms with van der Waals surface area (Å²) >= 11 is 5.92. The van der Waals surface area contributed by atoms with Crippen molar-refractivity contribution in [2.45, 2.75) is 0 Å². The maximum atomic E-state index is 10.6. The van der Waals surface area contributed by atoms with Crippen molar-refractivity contribution in [3.8, 4) is 11.6 Å². The number of anilines is 1. The first-order chi connectivity index (χ1) is 9.10. The number of nitrogens with one attached hydrogen (secondary N) is 1. The molecule has 0 aliphatic carbocycles. The summed E-state index contributed by atoms with van der Waals surface area (Å²) in [6.45, 7) is 0. The van der Waals surface area contributed by atoms with Crippen LogP contribution in [0.5, 0.6) is 11.6 Å². The molecule has 0 radical (unpaired) electrons. The van der Waals surface area contributed by atoms with Gasteiger partial charge in [-0.1, -0.05) is 17.7 Å². The molecule has 0 atom stereocenters. The first-order valence-corrected chi connectivity index (χ1v) is 5.74. The number of nitrogens with zero attached hydrogens (tertiary/aromatic N) is 2. The van der Waals surface area contributed by atoms with E-state index in [0.717, 1.165) is 0 Å². The van der Waals surface area contributed by atoms with Crippen LogP contribution in [0.3, 0.4) is 0 Å². The van der Waals surface area contributed by atoms with Gasteiger partial charge in [0.1, 0.15) is 11.6 Å². The lowest BCUT2D eigenvalue weighted by molar-refractivity contribution is -0.384. The molecule has 0 bridgehead atoms. The molecule has 0 aliphatic rings. The van der Waals surface area contributed by atoms with E-state index >= 15 is 0 Å². The Balaban J connectivity index is 2.25. The third-order valence-corrected chi connectivity index (χ3v) is 2.62. The smallest absolute Gasteiger partial charge is 0.271 e. The molecule has 1 aromatic carbocycles. The topological polar surface area (TPSA) is 77.3 Å². The maximum absolute atomic E-state index is 10.6. The molecule has 2 rings (SSSR count). The largest absolute Gasteiger partial charge is 0.437 e. The van der Waals surface area contributed by atoms with Gasteiger partial charge in [0.25, 0.3) is 5.69 Å². The number of pyridine rings is 1. The van der Waals surface area contributed by atoms with E-state index in [9.17, 15) is 10.1 Å². The molecule has 1 aromatic heterocycles. The zero-order valence-corrected chi connectivity index (χ0v) is 10.7. The number of nitro groups is 1. The summed E-state index contributed by atoms with van der Waals surface area (Å²) in [6.07, 6.45) is 0. The molecular weight excluding hydrogens is 270 g/mol. The SMILES string of the molecule is CNc1cccc(Oc2ccc([N+](=O)[O-])cc2Cl)n1. The Kier molecular flexibility index (Phi) is 3.82. The van der Waals surface area contributed by atoms with Crippen molar-refractivity contribution in [3.63, 3.8) is 0 Å². The molecule has 19 heavy (non-hydrogen) atoms. The molecular formula is C12H10ClN3O3. The Bertz CT molecular complexity index is 619. The number of benzene rings is 1. The number of nitro benzene ring substituents is 1. The van der Waals surface area contributed by atoms with E-state index in [1.165, 1.54) is 18.2 Å². The highest BCUT2D eigenvalue weighted by Crippen LogP contribution is 2.31. The highest BCUT2D eigenvalue weighted by molar-refractivity contribution is 6.32. The Morgan fingerprint density at radius 1 is 1.37 bits per heavy atom. The average molecular weight is 280 g/mol. The highest BCUT2D eigenvalue weighted by Gasteiger charge is 2.11. The first-order valence-electron chi connectivity index (χ1n) is 5.37. The zero-order chi connectivity index (χ0) is 13.8. The van der Waals surface area contributed by atoms with Gasteiger partial charge in [0.15, 0.2) is 0 Å². The van der Waals surface area contributed by atoms with E-state index in [0.29, 0.717) is 17.4 Å². The fourth-order valence-corrected chi connectivity index (χ4v) is 1.62. The van der Waals surface area contributed by atoms with Gasteiger partial charge in [-0.2, -0.15) is 4.98 Å². The Morgan fingerprint density at radius 3 is 2.79 bits per heavy atom. The van der Waals surface area contributed by atoms with Gasteiger partial charge in [-0.3, -0.25) is 10.1 Å². The lowest BCUT2D eigenvalue weighted by Gasteiger charge is -2.07. The van der Waals surface area contributed by atoms with E-state index in [-0.39, 0.29) is 10.7 Å². The third-order valence-electron chi connectivity index (χ3n) is 2.32. The van der Waals surface area contributed by atoms with Crippen molar-refractivity contribution in [1.82, 2.24) is 4.98 Å². The minimum Gasteiger partial charge on any atom is -0.437 e. The van der Waals surface area contributed by atoms with Crippen LogP contribution in [-0.4, -0.2) is 17.0 Å². The van der Waals surface area contributed by atoms with Crippen LogP contribution >= 0.6 is 11.6 Å². The quantitative estimate of drug-likeness (QED) is 0.685. The molecule has 1 N–H and O–H groups in total. The first kappa shape index (κ1) is 13.1. The van der Waals surface area contributed by atoms with E-state index in [2.05, 4.69) is 10.3 Å². The second-order valence-corrected chi connectivity index (χ2v) is 3.99. The fourth-order valence-electron chi connectivity index (χ4n) is 1.41. The van der Waals surface area contributed by atoms with Crippen LogP contribution < -0.4 is 10.1 Å². The molecule has 6 nitrogen and oxygen atoms in total. The predicted molar refractivity (Wildman–Crippen MR) is 72.0 cm³/mol. The number of rotatable bonds is 4. The van der Waals surface area contributed by atoms with Crippen LogP contribution in [0.1, 0.15) is 0 Å². The fraction of sp³-hybridized carbons (Fsp3) is 0.0833. The second-order valence-electron chi connectivity index (χ2n) is 3.58. The number of hydrogen-bond acceptors (Lipinski definition) is 5. The van der Waals surface area contributed by atoms with Gasteiger partial charge in [0.2, 0.25) is 5.88 Å². The highest BCUT2D eigenvalue weighted by atomic mass is 35.5. The van der Waals surface area contributed by atoms with Crippen LogP contribution in [0, 0.1) is 10.1 Å². The van der Waals surface area contributed by atoms with Crippen LogP contribution in [0.15, 0.2) is 36.4 Å². The maximum Gasteiger partial charge on any atom is 0.271 e. The normalized spacial score (nSPS) is 10.0. The van der Waals surface area contributed by atoms with E-state index < -0.39 is 4.92 Å². The molecule has 2 aromatic rings. The molecule has 0 spiro atoms. The van der Waals surface area contributed by atoms with Crippen LogP contribution in [0.4, 0.5) is 11.5 Å². The van der Waals surface area contributed by atoms with Gasteiger partial charge in [0, 0.05) is 25.2 Å². The minimum atomic E-state index is -0.518. The van der Waals surface area contributed by atoms with Crippen molar-refractivity contribution >= 4 is 23.1 Å². The van der Waals surface area contributed by atoms with E-state index in [1.54, 1.807) is 25.2 Å². The molecule has 0 saturated heterocycles. The predicted octanol–water partition coefficient (Wildman–Crippen LogP) is 3.48. The Labute approximate surface area is 114 Å². The summed E-state index contributed by atoms with van der Waals surface area (Å²) in [6, 6.07) is 9.21. The van der Waals surface area contributed by atoms with Gasteiger partial charge in [-0.25, -0.2) is 0 Å². The van der Waals surface area contributed by atoms with E-state index in [1.807, 2.05) is 0 Å². The molecule has 7 heteroatoms. The molecule has 0 unspecified atom stereocenters. The number of halogens is 1. The third kappa shape index (κ3) is 3.11.